The molecule has 36 heavy (non-hydrogen) atoms. The number of hydrazone groups is 1. The zero-order chi connectivity index (χ0) is 24.9. The Morgan fingerprint density at radius 2 is 1.69 bits per heavy atom. The van der Waals surface area contributed by atoms with Gasteiger partial charge in [-0.15, -0.1) is 0 Å². The molecule has 1 amide bonds. The highest BCUT2D eigenvalue weighted by Gasteiger charge is 2.22. The number of benzene rings is 4. The molecule has 0 N–H and O–H groups in total. The number of aromatic nitrogens is 1. The van der Waals surface area contributed by atoms with Crippen LogP contribution in [0.1, 0.15) is 15.9 Å². The molecule has 178 valence electrons. The Morgan fingerprint density at radius 1 is 0.917 bits per heavy atom. The van der Waals surface area contributed by atoms with E-state index in [1.165, 1.54) is 28.5 Å². The molecule has 0 atom stereocenters. The zero-order valence-corrected chi connectivity index (χ0v) is 20.0. The molecule has 0 bridgehead atoms. The number of thiazole rings is 1. The molecule has 0 saturated carbocycles. The number of rotatable bonds is 7. The number of anilines is 1. The summed E-state index contributed by atoms with van der Waals surface area (Å²) in [6, 6.07) is 27.7. The molecule has 0 radical (unpaired) electrons. The lowest BCUT2D eigenvalue weighted by Crippen LogP contribution is -2.25. The minimum absolute atomic E-state index is 0.319. The molecule has 0 fully saturated rings. The van der Waals surface area contributed by atoms with Crippen molar-refractivity contribution in [2.75, 3.05) is 12.1 Å². The first kappa shape index (κ1) is 23.2. The fourth-order valence-electron chi connectivity index (χ4n) is 3.42. The van der Waals surface area contributed by atoms with Gasteiger partial charge in [0, 0.05) is 5.56 Å². The van der Waals surface area contributed by atoms with Crippen molar-refractivity contribution in [2.45, 2.75) is 0 Å². The van der Waals surface area contributed by atoms with E-state index in [0.29, 0.717) is 38.2 Å². The van der Waals surface area contributed by atoms with E-state index in [4.69, 9.17) is 9.47 Å². The molecule has 0 unspecified atom stereocenters. The number of halogens is 1. The fourth-order valence-corrected chi connectivity index (χ4v) is 4.37. The molecular weight excluding hydrogens is 477 g/mol. The van der Waals surface area contributed by atoms with Crippen molar-refractivity contribution in [3.05, 3.63) is 114 Å². The molecule has 4 aromatic carbocycles. The minimum atomic E-state index is -0.405. The molecule has 0 aliphatic heterocycles. The lowest BCUT2D eigenvalue weighted by atomic mass is 10.2. The third-order valence-corrected chi connectivity index (χ3v) is 6.20. The van der Waals surface area contributed by atoms with E-state index in [2.05, 4.69) is 10.1 Å². The van der Waals surface area contributed by atoms with Crippen molar-refractivity contribution in [1.29, 1.82) is 0 Å². The Bertz CT molecular complexity index is 1540. The maximum Gasteiger partial charge on any atom is 0.280 e. The molecule has 0 spiro atoms. The Morgan fingerprint density at radius 3 is 2.47 bits per heavy atom. The summed E-state index contributed by atoms with van der Waals surface area (Å²) in [6.07, 6.45) is 1.56. The predicted octanol–water partition coefficient (Wildman–Crippen LogP) is 6.92. The summed E-state index contributed by atoms with van der Waals surface area (Å²) in [4.78, 5) is 18.2. The van der Waals surface area contributed by atoms with Gasteiger partial charge in [0.25, 0.3) is 5.91 Å². The molecule has 0 aliphatic rings. The van der Waals surface area contributed by atoms with Gasteiger partial charge in [-0.25, -0.2) is 9.37 Å². The van der Waals surface area contributed by atoms with Crippen molar-refractivity contribution in [3.8, 4) is 17.2 Å². The number of methoxy groups -OCH3 is 1. The van der Waals surface area contributed by atoms with E-state index < -0.39 is 5.91 Å². The quantitative estimate of drug-likeness (QED) is 0.181. The fraction of sp³-hybridized carbons (Fsp3) is 0.0357. The molecular formula is C28H20FN3O3S. The van der Waals surface area contributed by atoms with Gasteiger partial charge in [-0.3, -0.25) is 4.79 Å². The topological polar surface area (TPSA) is 64.0 Å². The van der Waals surface area contributed by atoms with Crippen molar-refractivity contribution in [1.82, 2.24) is 4.98 Å². The molecule has 6 nitrogen and oxygen atoms in total. The highest BCUT2D eigenvalue weighted by molar-refractivity contribution is 7.22. The average Bonchev–Trinajstić information content (AvgIpc) is 3.32. The van der Waals surface area contributed by atoms with Crippen LogP contribution < -0.4 is 14.5 Å². The smallest absolute Gasteiger partial charge is 0.280 e. The zero-order valence-electron chi connectivity index (χ0n) is 19.2. The van der Waals surface area contributed by atoms with Crippen LogP contribution in [-0.4, -0.2) is 24.2 Å². The first-order valence-electron chi connectivity index (χ1n) is 11.0. The van der Waals surface area contributed by atoms with Gasteiger partial charge in [-0.2, -0.15) is 10.1 Å². The van der Waals surface area contributed by atoms with E-state index in [1.54, 1.807) is 55.8 Å². The third-order valence-electron chi connectivity index (χ3n) is 5.21. The summed E-state index contributed by atoms with van der Waals surface area (Å²) in [5, 5.41) is 5.99. The number of carbonyl (C=O) groups is 1. The third kappa shape index (κ3) is 5.24. The van der Waals surface area contributed by atoms with Gasteiger partial charge in [0.2, 0.25) is 5.13 Å². The summed E-state index contributed by atoms with van der Waals surface area (Å²) in [7, 11) is 1.59. The van der Waals surface area contributed by atoms with E-state index in [1.807, 2.05) is 42.5 Å². The minimum Gasteiger partial charge on any atom is -0.497 e. The van der Waals surface area contributed by atoms with Gasteiger partial charge in [-0.05, 0) is 78.4 Å². The summed E-state index contributed by atoms with van der Waals surface area (Å²) in [5.74, 6) is 1.10. The maximum absolute atomic E-state index is 13.8. The number of fused-ring (bicyclic) bond motifs is 1. The van der Waals surface area contributed by atoms with Gasteiger partial charge in [-0.1, -0.05) is 35.6 Å². The SMILES string of the molecule is COc1ccc(/C=N/N(C(=O)c2cccc(Oc3ccccc3)c2)c2nc3ccc(F)cc3s2)cc1. The van der Waals surface area contributed by atoms with Gasteiger partial charge in [0.15, 0.2) is 0 Å². The van der Waals surface area contributed by atoms with Crippen LogP contribution in [0.25, 0.3) is 10.2 Å². The molecule has 1 heterocycles. The van der Waals surface area contributed by atoms with Crippen LogP contribution in [-0.2, 0) is 0 Å². The summed E-state index contributed by atoms with van der Waals surface area (Å²) in [6.45, 7) is 0. The lowest BCUT2D eigenvalue weighted by molar-refractivity contribution is 0.0987. The Labute approximate surface area is 210 Å². The number of hydrogen-bond donors (Lipinski definition) is 0. The van der Waals surface area contributed by atoms with Gasteiger partial charge < -0.3 is 9.47 Å². The van der Waals surface area contributed by atoms with Crippen molar-refractivity contribution in [2.24, 2.45) is 5.10 Å². The number of amides is 1. The van der Waals surface area contributed by atoms with Crippen LogP contribution in [0.15, 0.2) is 102 Å². The van der Waals surface area contributed by atoms with Gasteiger partial charge in [0.1, 0.15) is 23.1 Å². The Hall–Kier alpha value is -4.56. The Balaban J connectivity index is 1.50. The predicted molar refractivity (Wildman–Crippen MR) is 140 cm³/mol. The number of hydrogen-bond acceptors (Lipinski definition) is 6. The van der Waals surface area contributed by atoms with E-state index in [-0.39, 0.29) is 5.82 Å². The number of ether oxygens (including phenoxy) is 2. The molecule has 5 rings (SSSR count). The van der Waals surface area contributed by atoms with Gasteiger partial charge >= 0.3 is 0 Å². The van der Waals surface area contributed by atoms with Crippen molar-refractivity contribution < 1.29 is 18.7 Å². The number of nitrogens with zero attached hydrogens (tertiary/aromatic N) is 3. The highest BCUT2D eigenvalue weighted by atomic mass is 32.1. The molecule has 0 saturated heterocycles. The normalized spacial score (nSPS) is 11.1. The second-order valence-corrected chi connectivity index (χ2v) is 8.70. The highest BCUT2D eigenvalue weighted by Crippen LogP contribution is 2.31. The second kappa shape index (κ2) is 10.4. The van der Waals surface area contributed by atoms with Crippen LogP contribution in [0.5, 0.6) is 17.2 Å². The van der Waals surface area contributed by atoms with Gasteiger partial charge in [0.05, 0.1) is 23.5 Å². The molecule has 5 aromatic rings. The lowest BCUT2D eigenvalue weighted by Gasteiger charge is -2.15. The van der Waals surface area contributed by atoms with E-state index in [9.17, 15) is 9.18 Å². The first-order chi connectivity index (χ1) is 17.6. The maximum atomic E-state index is 13.8. The van der Waals surface area contributed by atoms with Crippen LogP contribution >= 0.6 is 11.3 Å². The standard InChI is InChI=1S/C28H20FN3O3S/c1-34-22-13-10-19(11-14-22)18-30-32(28-31-25-15-12-21(29)17-26(25)36-28)27(33)20-6-5-9-24(16-20)35-23-7-3-2-4-8-23/h2-18H,1H3/b30-18+. The van der Waals surface area contributed by atoms with Crippen LogP contribution in [0.2, 0.25) is 0 Å². The molecule has 1 aromatic heterocycles. The average molecular weight is 498 g/mol. The van der Waals surface area contributed by atoms with Crippen LogP contribution in [0.4, 0.5) is 9.52 Å². The van der Waals surface area contributed by atoms with Crippen LogP contribution in [0, 0.1) is 5.82 Å². The summed E-state index contributed by atoms with van der Waals surface area (Å²) < 4.78 is 25.5. The number of para-hydroxylation sites is 1. The molecule has 8 heteroatoms. The first-order valence-corrected chi connectivity index (χ1v) is 11.8. The largest absolute Gasteiger partial charge is 0.497 e. The summed E-state index contributed by atoms with van der Waals surface area (Å²) in [5.41, 5.74) is 1.71. The summed E-state index contributed by atoms with van der Waals surface area (Å²) >= 11 is 1.18. The van der Waals surface area contributed by atoms with Crippen LogP contribution in [0.3, 0.4) is 0 Å². The molecule has 0 aliphatic carbocycles. The monoisotopic (exact) mass is 497 g/mol. The van der Waals surface area contributed by atoms with Crippen molar-refractivity contribution in [3.63, 3.8) is 0 Å². The van der Waals surface area contributed by atoms with E-state index in [0.717, 1.165) is 5.56 Å². The number of carbonyl (C=O) groups excluding carboxylic acids is 1. The second-order valence-electron chi connectivity index (χ2n) is 7.69. The van der Waals surface area contributed by atoms with E-state index >= 15 is 0 Å². The van der Waals surface area contributed by atoms with Crippen molar-refractivity contribution >= 4 is 38.8 Å². The Kier molecular flexibility index (Phi) is 6.68.